The Morgan fingerprint density at radius 1 is 1.53 bits per heavy atom. The Bertz CT molecular complexity index is 394. The maximum Gasteiger partial charge on any atom is 0.339 e. The largest absolute Gasteiger partial charge is 0.478 e. The second kappa shape index (κ2) is 4.27. The third-order valence-corrected chi connectivity index (χ3v) is 2.96. The van der Waals surface area contributed by atoms with E-state index >= 15 is 0 Å². The molecule has 0 radical (unpaired) electrons. The molecular formula is C11H16ClNO2. The Morgan fingerprint density at radius 3 is 2.33 bits per heavy atom. The van der Waals surface area contributed by atoms with E-state index in [4.69, 9.17) is 16.7 Å². The third kappa shape index (κ3) is 1.88. The highest BCUT2D eigenvalue weighted by atomic mass is 35.5. The zero-order chi connectivity index (χ0) is 11.7. The first-order valence-corrected chi connectivity index (χ1v) is 5.41. The number of rotatable bonds is 3. The van der Waals surface area contributed by atoms with Gasteiger partial charge in [-0.2, -0.15) is 0 Å². The van der Waals surface area contributed by atoms with Crippen molar-refractivity contribution in [3.63, 3.8) is 0 Å². The highest BCUT2D eigenvalue weighted by Crippen LogP contribution is 2.32. The Morgan fingerprint density at radius 2 is 2.07 bits per heavy atom. The minimum Gasteiger partial charge on any atom is -0.478 e. The Hall–Kier alpha value is -0.960. The fourth-order valence-electron chi connectivity index (χ4n) is 1.94. The topological polar surface area (TPSA) is 42.2 Å². The summed E-state index contributed by atoms with van der Waals surface area (Å²) in [6.07, 6.45) is 0. The van der Waals surface area contributed by atoms with Crippen molar-refractivity contribution in [1.82, 2.24) is 4.57 Å². The number of aromatic nitrogens is 1. The molecule has 0 amide bonds. The van der Waals surface area contributed by atoms with Gasteiger partial charge in [0.05, 0.1) is 10.6 Å². The van der Waals surface area contributed by atoms with Gasteiger partial charge in [0.25, 0.3) is 0 Å². The molecular weight excluding hydrogens is 214 g/mol. The zero-order valence-corrected chi connectivity index (χ0v) is 10.2. The summed E-state index contributed by atoms with van der Waals surface area (Å²) in [5.41, 5.74) is 1.88. The summed E-state index contributed by atoms with van der Waals surface area (Å²) in [7, 11) is 0. The molecule has 0 bridgehead atoms. The van der Waals surface area contributed by atoms with Crippen LogP contribution in [-0.4, -0.2) is 15.6 Å². The molecule has 4 heteroatoms. The second-order valence-corrected chi connectivity index (χ2v) is 4.24. The average Bonchev–Trinajstić information content (AvgIpc) is 2.36. The minimum atomic E-state index is -0.952. The van der Waals surface area contributed by atoms with Crippen LogP contribution in [0.5, 0.6) is 0 Å². The number of aromatic carboxylic acids is 1. The van der Waals surface area contributed by atoms with Crippen molar-refractivity contribution in [2.45, 2.75) is 40.2 Å². The van der Waals surface area contributed by atoms with Crippen LogP contribution < -0.4 is 0 Å². The van der Waals surface area contributed by atoms with Crippen LogP contribution in [0.25, 0.3) is 0 Å². The van der Waals surface area contributed by atoms with Gasteiger partial charge in [-0.15, -0.1) is 0 Å². The quantitative estimate of drug-likeness (QED) is 0.864. The van der Waals surface area contributed by atoms with Crippen LogP contribution in [0, 0.1) is 6.92 Å². The summed E-state index contributed by atoms with van der Waals surface area (Å²) in [5, 5.41) is 9.45. The molecule has 0 saturated heterocycles. The van der Waals surface area contributed by atoms with Crippen molar-refractivity contribution in [1.29, 1.82) is 0 Å². The van der Waals surface area contributed by atoms with Crippen LogP contribution in [0.3, 0.4) is 0 Å². The predicted molar refractivity (Wildman–Crippen MR) is 60.9 cm³/mol. The fourth-order valence-corrected chi connectivity index (χ4v) is 2.48. The number of nitrogens with zero attached hydrogens (tertiary/aromatic N) is 1. The molecule has 1 rings (SSSR count). The highest BCUT2D eigenvalue weighted by Gasteiger charge is 2.24. The van der Waals surface area contributed by atoms with Crippen LogP contribution in [0.15, 0.2) is 0 Å². The van der Waals surface area contributed by atoms with Crippen LogP contribution in [0.2, 0.25) is 5.02 Å². The van der Waals surface area contributed by atoms with Gasteiger partial charge in [0, 0.05) is 17.9 Å². The lowest BCUT2D eigenvalue weighted by atomic mass is 10.1. The van der Waals surface area contributed by atoms with E-state index in [2.05, 4.69) is 0 Å². The molecule has 1 N–H and O–H groups in total. The SMILES string of the molecule is CCn1c(C)c(C(=O)O)c(Cl)c1C(C)C. The Balaban J connectivity index is 3.52. The van der Waals surface area contributed by atoms with Crippen LogP contribution >= 0.6 is 11.6 Å². The summed E-state index contributed by atoms with van der Waals surface area (Å²) in [5.74, 6) is -0.726. The lowest BCUT2D eigenvalue weighted by molar-refractivity contribution is 0.0696. The van der Waals surface area contributed by atoms with Gasteiger partial charge >= 0.3 is 5.97 Å². The van der Waals surface area contributed by atoms with Crippen molar-refractivity contribution in [2.75, 3.05) is 0 Å². The van der Waals surface area contributed by atoms with E-state index in [1.54, 1.807) is 6.92 Å². The Labute approximate surface area is 94.7 Å². The number of hydrogen-bond donors (Lipinski definition) is 1. The number of carbonyl (C=O) groups is 1. The van der Waals surface area contributed by atoms with E-state index in [1.165, 1.54) is 0 Å². The van der Waals surface area contributed by atoms with E-state index in [1.807, 2.05) is 25.3 Å². The van der Waals surface area contributed by atoms with Crippen molar-refractivity contribution >= 4 is 17.6 Å². The van der Waals surface area contributed by atoms with Crippen LogP contribution in [-0.2, 0) is 6.54 Å². The summed E-state index contributed by atoms with van der Waals surface area (Å²) in [6.45, 7) is 8.55. The van der Waals surface area contributed by atoms with Gasteiger partial charge in [0.1, 0.15) is 0 Å². The van der Waals surface area contributed by atoms with E-state index in [9.17, 15) is 4.79 Å². The van der Waals surface area contributed by atoms with Gasteiger partial charge in [-0.1, -0.05) is 25.4 Å². The molecule has 0 aliphatic heterocycles. The van der Waals surface area contributed by atoms with Gasteiger partial charge in [0.15, 0.2) is 0 Å². The monoisotopic (exact) mass is 229 g/mol. The molecule has 3 nitrogen and oxygen atoms in total. The summed E-state index contributed by atoms with van der Waals surface area (Å²) in [6, 6.07) is 0. The summed E-state index contributed by atoms with van der Waals surface area (Å²) in [4.78, 5) is 11.0. The lowest BCUT2D eigenvalue weighted by Gasteiger charge is -2.11. The van der Waals surface area contributed by atoms with Gasteiger partial charge in [-0.3, -0.25) is 0 Å². The molecule has 0 fully saturated rings. The fraction of sp³-hybridized carbons (Fsp3) is 0.545. The molecule has 1 heterocycles. The molecule has 0 aliphatic rings. The standard InChI is InChI=1S/C11H16ClNO2/c1-5-13-7(4)8(11(14)15)9(12)10(13)6(2)3/h6H,5H2,1-4H3,(H,14,15). The molecule has 0 aliphatic carbocycles. The summed E-state index contributed by atoms with van der Waals surface area (Å²) < 4.78 is 1.97. The number of carboxylic acid groups (broad SMARTS) is 1. The molecule has 0 aromatic carbocycles. The molecule has 15 heavy (non-hydrogen) atoms. The maximum atomic E-state index is 11.0. The molecule has 1 aromatic heterocycles. The molecule has 0 spiro atoms. The lowest BCUT2D eigenvalue weighted by Crippen LogP contribution is -2.05. The van der Waals surface area contributed by atoms with Crippen molar-refractivity contribution < 1.29 is 9.90 Å². The highest BCUT2D eigenvalue weighted by molar-refractivity contribution is 6.34. The van der Waals surface area contributed by atoms with Crippen LogP contribution in [0.1, 0.15) is 48.4 Å². The number of hydrogen-bond acceptors (Lipinski definition) is 1. The average molecular weight is 230 g/mol. The van der Waals surface area contributed by atoms with E-state index < -0.39 is 5.97 Å². The molecule has 1 aromatic rings. The number of carboxylic acids is 1. The molecule has 0 unspecified atom stereocenters. The van der Waals surface area contributed by atoms with Gasteiger partial charge in [-0.05, 0) is 19.8 Å². The normalized spacial score (nSPS) is 11.1. The second-order valence-electron chi connectivity index (χ2n) is 3.86. The zero-order valence-electron chi connectivity index (χ0n) is 9.47. The molecule has 0 atom stereocenters. The van der Waals surface area contributed by atoms with Gasteiger partial charge in [0.2, 0.25) is 0 Å². The van der Waals surface area contributed by atoms with E-state index in [-0.39, 0.29) is 11.5 Å². The van der Waals surface area contributed by atoms with Gasteiger partial charge in [-0.25, -0.2) is 4.79 Å². The summed E-state index contributed by atoms with van der Waals surface area (Å²) >= 11 is 6.10. The van der Waals surface area contributed by atoms with Crippen molar-refractivity contribution in [2.24, 2.45) is 0 Å². The van der Waals surface area contributed by atoms with Crippen molar-refractivity contribution in [3.05, 3.63) is 22.0 Å². The Kier molecular flexibility index (Phi) is 3.45. The first-order valence-electron chi connectivity index (χ1n) is 5.03. The minimum absolute atomic E-state index is 0.226. The number of halogens is 1. The van der Waals surface area contributed by atoms with Crippen LogP contribution in [0.4, 0.5) is 0 Å². The molecule has 0 saturated carbocycles. The van der Waals surface area contributed by atoms with Crippen molar-refractivity contribution in [3.8, 4) is 0 Å². The smallest absolute Gasteiger partial charge is 0.339 e. The maximum absolute atomic E-state index is 11.0. The van der Waals surface area contributed by atoms with E-state index in [0.717, 1.165) is 17.9 Å². The first-order chi connectivity index (χ1) is 6.91. The predicted octanol–water partition coefficient (Wildman–Crippen LogP) is 3.29. The third-order valence-electron chi connectivity index (χ3n) is 2.58. The van der Waals surface area contributed by atoms with Gasteiger partial charge < -0.3 is 9.67 Å². The van der Waals surface area contributed by atoms with E-state index in [0.29, 0.717) is 5.02 Å². The molecule has 84 valence electrons. The first kappa shape index (κ1) is 12.1.